The third-order valence-corrected chi connectivity index (χ3v) is 4.53. The first kappa shape index (κ1) is 17.0. The predicted molar refractivity (Wildman–Crippen MR) is 93.2 cm³/mol. The van der Waals surface area contributed by atoms with Gasteiger partial charge in [0.05, 0.1) is 18.7 Å². The summed E-state index contributed by atoms with van der Waals surface area (Å²) in [6, 6.07) is 7.61. The van der Waals surface area contributed by atoms with Crippen LogP contribution in [0.5, 0.6) is 5.75 Å². The molecule has 130 valence electrons. The molecule has 0 radical (unpaired) electrons. The average Bonchev–Trinajstić information content (AvgIpc) is 3.10. The molecule has 3 rings (SSSR count). The highest BCUT2D eigenvalue weighted by Gasteiger charge is 2.35. The first-order chi connectivity index (χ1) is 12.0. The molecule has 6 nitrogen and oxygen atoms in total. The number of ether oxygens (including phenoxy) is 1. The number of likely N-dealkylation sites (tertiary alicyclic amines) is 1. The van der Waals surface area contributed by atoms with Crippen LogP contribution in [0.1, 0.15) is 39.1 Å². The lowest BCUT2D eigenvalue weighted by Crippen LogP contribution is -2.40. The van der Waals surface area contributed by atoms with Gasteiger partial charge < -0.3 is 14.6 Å². The molecule has 1 N–H and O–H groups in total. The number of methoxy groups -OCH3 is 1. The van der Waals surface area contributed by atoms with Crippen LogP contribution < -0.4 is 10.3 Å². The number of nitrogens with one attached hydrogen (secondary N) is 1. The molecule has 1 amide bonds. The Morgan fingerprint density at radius 2 is 1.96 bits per heavy atom. The molecule has 0 aliphatic carbocycles. The summed E-state index contributed by atoms with van der Waals surface area (Å²) in [5, 5.41) is 0. The van der Waals surface area contributed by atoms with Crippen molar-refractivity contribution in [2.75, 3.05) is 13.7 Å². The molecule has 0 bridgehead atoms. The zero-order valence-corrected chi connectivity index (χ0v) is 14.2. The lowest BCUT2D eigenvalue weighted by molar-refractivity contribution is 0.0671. The van der Waals surface area contributed by atoms with Crippen molar-refractivity contribution < 1.29 is 14.3 Å². The molecule has 2 aromatic rings. The Balaban J connectivity index is 1.84. The van der Waals surface area contributed by atoms with Gasteiger partial charge in [0.2, 0.25) is 5.56 Å². The van der Waals surface area contributed by atoms with Gasteiger partial charge in [0.15, 0.2) is 5.78 Å². The number of benzene rings is 1. The first-order valence-electron chi connectivity index (χ1n) is 8.20. The summed E-state index contributed by atoms with van der Waals surface area (Å²) in [4.78, 5) is 40.9. The number of hydrogen-bond donors (Lipinski definition) is 1. The number of aromatic nitrogens is 1. The molecule has 1 unspecified atom stereocenters. The van der Waals surface area contributed by atoms with Crippen LogP contribution in [0.3, 0.4) is 0 Å². The zero-order valence-electron chi connectivity index (χ0n) is 14.2. The van der Waals surface area contributed by atoms with Crippen LogP contribution in [0.15, 0.2) is 41.3 Å². The van der Waals surface area contributed by atoms with Crippen molar-refractivity contribution in [2.24, 2.45) is 0 Å². The summed E-state index contributed by atoms with van der Waals surface area (Å²) in [6.45, 7) is 2.41. The smallest absolute Gasteiger partial charge is 0.255 e. The number of Topliss-reactive ketones (excluding diaryl/α,β-unsaturated/α-hetero) is 1. The number of carbonyl (C=O) groups excluding carboxylic acids is 2. The van der Waals surface area contributed by atoms with E-state index in [2.05, 4.69) is 4.98 Å². The third kappa shape index (κ3) is 3.33. The summed E-state index contributed by atoms with van der Waals surface area (Å²) in [6.07, 6.45) is 2.81. The Hall–Kier alpha value is -2.89. The Morgan fingerprint density at radius 3 is 2.60 bits per heavy atom. The van der Waals surface area contributed by atoms with Crippen molar-refractivity contribution in [3.63, 3.8) is 0 Å². The minimum atomic E-state index is -0.479. The van der Waals surface area contributed by atoms with E-state index in [-0.39, 0.29) is 17.2 Å². The van der Waals surface area contributed by atoms with Crippen LogP contribution in [0.4, 0.5) is 0 Å². The van der Waals surface area contributed by atoms with Gasteiger partial charge in [-0.05, 0) is 49.6 Å². The summed E-state index contributed by atoms with van der Waals surface area (Å²) < 4.78 is 5.23. The molecule has 1 aromatic heterocycles. The summed E-state index contributed by atoms with van der Waals surface area (Å²) >= 11 is 0. The number of amides is 1. The van der Waals surface area contributed by atoms with Gasteiger partial charge in [0.1, 0.15) is 5.75 Å². The standard InChI is InChI=1S/C19H20N2O4/c1-12-10-13(5-7-16(12)25-2)18(23)15-4-3-9-21(15)19(24)14-6-8-17(22)20-11-14/h5-8,10-11,15H,3-4,9H2,1-2H3,(H,20,22). The number of carbonyl (C=O) groups is 2. The van der Waals surface area contributed by atoms with Crippen LogP contribution in [-0.2, 0) is 0 Å². The van der Waals surface area contributed by atoms with Gasteiger partial charge in [-0.25, -0.2) is 0 Å². The minimum Gasteiger partial charge on any atom is -0.496 e. The summed E-state index contributed by atoms with van der Waals surface area (Å²) in [5.74, 6) is 0.419. The Bertz CT molecular complexity index is 851. The number of pyridine rings is 1. The maximum atomic E-state index is 12.9. The van der Waals surface area contributed by atoms with Gasteiger partial charge in [0, 0.05) is 24.4 Å². The monoisotopic (exact) mass is 340 g/mol. The number of aromatic amines is 1. The lowest BCUT2D eigenvalue weighted by atomic mass is 10.00. The van der Waals surface area contributed by atoms with E-state index < -0.39 is 6.04 Å². The largest absolute Gasteiger partial charge is 0.496 e. The van der Waals surface area contributed by atoms with E-state index in [0.29, 0.717) is 24.1 Å². The highest BCUT2D eigenvalue weighted by molar-refractivity contribution is 6.04. The molecule has 0 spiro atoms. The second-order valence-electron chi connectivity index (χ2n) is 6.15. The van der Waals surface area contributed by atoms with E-state index in [1.165, 1.54) is 18.3 Å². The van der Waals surface area contributed by atoms with Crippen molar-refractivity contribution in [1.82, 2.24) is 9.88 Å². The van der Waals surface area contributed by atoms with E-state index in [9.17, 15) is 14.4 Å². The van der Waals surface area contributed by atoms with Gasteiger partial charge in [-0.2, -0.15) is 0 Å². The fraction of sp³-hybridized carbons (Fsp3) is 0.316. The lowest BCUT2D eigenvalue weighted by Gasteiger charge is -2.24. The molecule has 2 heterocycles. The van der Waals surface area contributed by atoms with Gasteiger partial charge in [-0.1, -0.05) is 0 Å². The quantitative estimate of drug-likeness (QED) is 0.865. The molecule has 1 atom stereocenters. The molecule has 0 saturated carbocycles. The highest BCUT2D eigenvalue weighted by Crippen LogP contribution is 2.25. The second-order valence-corrected chi connectivity index (χ2v) is 6.15. The second kappa shape index (κ2) is 6.93. The Labute approximate surface area is 145 Å². The van der Waals surface area contributed by atoms with Crippen LogP contribution in [0.25, 0.3) is 0 Å². The maximum Gasteiger partial charge on any atom is 0.255 e. The molecule has 1 aromatic carbocycles. The molecule has 6 heteroatoms. The Morgan fingerprint density at radius 1 is 1.20 bits per heavy atom. The summed E-state index contributed by atoms with van der Waals surface area (Å²) in [7, 11) is 1.59. The fourth-order valence-electron chi connectivity index (χ4n) is 3.22. The molecule has 25 heavy (non-hydrogen) atoms. The molecular weight excluding hydrogens is 320 g/mol. The minimum absolute atomic E-state index is 0.0685. The van der Waals surface area contributed by atoms with Gasteiger partial charge >= 0.3 is 0 Å². The van der Waals surface area contributed by atoms with Crippen molar-refractivity contribution >= 4 is 11.7 Å². The SMILES string of the molecule is COc1ccc(C(=O)C2CCCN2C(=O)c2ccc(=O)[nH]c2)cc1C. The fourth-order valence-corrected chi connectivity index (χ4v) is 3.22. The van der Waals surface area contributed by atoms with E-state index in [1.807, 2.05) is 6.92 Å². The van der Waals surface area contributed by atoms with Crippen LogP contribution in [0.2, 0.25) is 0 Å². The number of nitrogens with zero attached hydrogens (tertiary/aromatic N) is 1. The molecule has 1 saturated heterocycles. The number of aryl methyl sites for hydroxylation is 1. The van der Waals surface area contributed by atoms with E-state index in [1.54, 1.807) is 30.2 Å². The van der Waals surface area contributed by atoms with Gasteiger partial charge in [-0.3, -0.25) is 14.4 Å². The molecule has 1 aliphatic heterocycles. The third-order valence-electron chi connectivity index (χ3n) is 4.53. The van der Waals surface area contributed by atoms with Crippen molar-refractivity contribution in [2.45, 2.75) is 25.8 Å². The van der Waals surface area contributed by atoms with Crippen LogP contribution >= 0.6 is 0 Å². The van der Waals surface area contributed by atoms with Crippen LogP contribution in [0, 0.1) is 6.92 Å². The molecule has 1 fully saturated rings. The van der Waals surface area contributed by atoms with Crippen molar-refractivity contribution in [3.05, 3.63) is 63.6 Å². The number of ketones is 1. The number of H-pyrrole nitrogens is 1. The number of hydrogen-bond acceptors (Lipinski definition) is 4. The predicted octanol–water partition coefficient (Wildman–Crippen LogP) is 2.18. The summed E-state index contributed by atoms with van der Waals surface area (Å²) in [5.41, 5.74) is 1.57. The number of rotatable bonds is 4. The van der Waals surface area contributed by atoms with E-state index in [0.717, 1.165) is 17.7 Å². The van der Waals surface area contributed by atoms with Crippen molar-refractivity contribution in [3.8, 4) is 5.75 Å². The first-order valence-corrected chi connectivity index (χ1v) is 8.20. The van der Waals surface area contributed by atoms with Crippen LogP contribution in [-0.4, -0.2) is 41.3 Å². The molecular formula is C19H20N2O4. The normalized spacial score (nSPS) is 16.7. The highest BCUT2D eigenvalue weighted by atomic mass is 16.5. The van der Waals surface area contributed by atoms with Gasteiger partial charge in [0.25, 0.3) is 5.91 Å². The average molecular weight is 340 g/mol. The molecule has 1 aliphatic rings. The van der Waals surface area contributed by atoms with Crippen molar-refractivity contribution in [1.29, 1.82) is 0 Å². The van der Waals surface area contributed by atoms with Gasteiger partial charge in [-0.15, -0.1) is 0 Å². The maximum absolute atomic E-state index is 12.9. The Kier molecular flexibility index (Phi) is 4.70. The van der Waals surface area contributed by atoms with E-state index >= 15 is 0 Å². The zero-order chi connectivity index (χ0) is 18.0. The topological polar surface area (TPSA) is 79.5 Å². The van der Waals surface area contributed by atoms with E-state index in [4.69, 9.17) is 4.74 Å².